The first kappa shape index (κ1) is 18.2. The van der Waals surface area contributed by atoms with Gasteiger partial charge >= 0.3 is 5.97 Å². The van der Waals surface area contributed by atoms with E-state index >= 15 is 0 Å². The van der Waals surface area contributed by atoms with E-state index in [9.17, 15) is 4.79 Å². The molecule has 0 fully saturated rings. The second-order valence-electron chi connectivity index (χ2n) is 7.90. The van der Waals surface area contributed by atoms with Gasteiger partial charge in [0, 0.05) is 36.9 Å². The number of ether oxygens (including phenoxy) is 5. The number of rotatable bonds is 3. The van der Waals surface area contributed by atoms with Crippen molar-refractivity contribution >= 4 is 22.4 Å². The van der Waals surface area contributed by atoms with Gasteiger partial charge in [-0.2, -0.15) is 0 Å². The topological polar surface area (TPSA) is 66.5 Å². The Bertz CT molecular complexity index is 1240. The van der Waals surface area contributed by atoms with Gasteiger partial charge in [-0.3, -0.25) is 4.79 Å². The number of hydrogen-bond acceptors (Lipinski definition) is 7. The van der Waals surface area contributed by atoms with Crippen LogP contribution in [0.3, 0.4) is 0 Å². The van der Waals surface area contributed by atoms with E-state index in [0.717, 1.165) is 56.1 Å². The number of anilines is 1. The van der Waals surface area contributed by atoms with Gasteiger partial charge in [0.2, 0.25) is 13.6 Å². The number of benzene rings is 3. The zero-order valence-corrected chi connectivity index (χ0v) is 17.3. The summed E-state index contributed by atoms with van der Waals surface area (Å²) in [5.74, 6) is 2.75. The Morgan fingerprint density at radius 2 is 1.74 bits per heavy atom. The average molecular weight is 419 g/mol. The van der Waals surface area contributed by atoms with Crippen LogP contribution < -0.4 is 23.8 Å². The van der Waals surface area contributed by atoms with Gasteiger partial charge in [-0.1, -0.05) is 12.1 Å². The van der Waals surface area contributed by atoms with E-state index in [1.807, 2.05) is 18.2 Å². The zero-order valence-electron chi connectivity index (χ0n) is 17.3. The van der Waals surface area contributed by atoms with E-state index in [-0.39, 0.29) is 25.6 Å². The standard InChI is InChI=1S/C24H21NO6/c1-13(26)27-8-7-18-22-15(5-6-19-24(22)31-12-28-19)16-4-3-14-9-20-21(30-11-29-20)10-17(14)23(16)25(18)2/h3-6,9-10,18H,7-8,11-12H2,1-2H3/t18-/m0/s1. The molecule has 3 aromatic rings. The van der Waals surface area contributed by atoms with Crippen LogP contribution in [0.5, 0.6) is 23.0 Å². The molecule has 7 nitrogen and oxygen atoms in total. The number of fused-ring (bicyclic) bond motifs is 8. The van der Waals surface area contributed by atoms with Crippen molar-refractivity contribution in [1.29, 1.82) is 0 Å². The molecule has 0 aliphatic carbocycles. The Hall–Kier alpha value is -3.61. The first-order valence-electron chi connectivity index (χ1n) is 10.3. The van der Waals surface area contributed by atoms with Crippen LogP contribution >= 0.6 is 0 Å². The van der Waals surface area contributed by atoms with Crippen LogP contribution in [0.4, 0.5) is 5.69 Å². The largest absolute Gasteiger partial charge is 0.466 e. The summed E-state index contributed by atoms with van der Waals surface area (Å²) >= 11 is 0. The second-order valence-corrected chi connectivity index (χ2v) is 7.90. The molecular weight excluding hydrogens is 398 g/mol. The Labute approximate surface area is 179 Å². The number of nitrogens with zero attached hydrogens (tertiary/aromatic N) is 1. The van der Waals surface area contributed by atoms with Crippen molar-refractivity contribution in [2.24, 2.45) is 0 Å². The third kappa shape index (κ3) is 2.69. The summed E-state index contributed by atoms with van der Waals surface area (Å²) in [6.45, 7) is 2.20. The molecule has 0 N–H and O–H groups in total. The van der Waals surface area contributed by atoms with E-state index in [1.54, 1.807) is 0 Å². The predicted molar refractivity (Wildman–Crippen MR) is 114 cm³/mol. The van der Waals surface area contributed by atoms with Gasteiger partial charge in [-0.15, -0.1) is 0 Å². The van der Waals surface area contributed by atoms with Gasteiger partial charge in [0.15, 0.2) is 23.0 Å². The molecule has 3 aromatic carbocycles. The van der Waals surface area contributed by atoms with E-state index in [0.29, 0.717) is 13.0 Å². The highest BCUT2D eigenvalue weighted by Gasteiger charge is 2.36. The first-order valence-corrected chi connectivity index (χ1v) is 10.3. The van der Waals surface area contributed by atoms with Crippen molar-refractivity contribution in [3.05, 3.63) is 42.0 Å². The van der Waals surface area contributed by atoms with Gasteiger partial charge in [0.05, 0.1) is 18.3 Å². The van der Waals surface area contributed by atoms with Crippen molar-refractivity contribution < 1.29 is 28.5 Å². The fraction of sp³-hybridized carbons (Fsp3) is 0.292. The smallest absolute Gasteiger partial charge is 0.302 e. The zero-order chi connectivity index (χ0) is 21.1. The number of carbonyl (C=O) groups excluding carboxylic acids is 1. The van der Waals surface area contributed by atoms with Crippen molar-refractivity contribution in [3.63, 3.8) is 0 Å². The lowest BCUT2D eigenvalue weighted by atomic mass is 9.84. The molecule has 7 heteroatoms. The highest BCUT2D eigenvalue weighted by Crippen LogP contribution is 2.55. The van der Waals surface area contributed by atoms with Crippen LogP contribution in [-0.2, 0) is 9.53 Å². The van der Waals surface area contributed by atoms with Gasteiger partial charge < -0.3 is 28.6 Å². The lowest BCUT2D eigenvalue weighted by molar-refractivity contribution is -0.141. The molecule has 0 aromatic heterocycles. The first-order chi connectivity index (χ1) is 15.1. The molecule has 0 radical (unpaired) electrons. The van der Waals surface area contributed by atoms with Crippen molar-refractivity contribution in [3.8, 4) is 34.1 Å². The lowest BCUT2D eigenvalue weighted by Crippen LogP contribution is -2.30. The molecule has 6 rings (SSSR count). The van der Waals surface area contributed by atoms with Crippen LogP contribution in [0.25, 0.3) is 21.9 Å². The maximum Gasteiger partial charge on any atom is 0.302 e. The SMILES string of the molecule is CC(=O)OCC[C@H]1c2c(ccc3c2OCO3)-c2ccc3cc4c(cc3c2N1C)OCO4. The Balaban J connectivity index is 1.56. The van der Waals surface area contributed by atoms with E-state index < -0.39 is 0 Å². The maximum atomic E-state index is 11.4. The minimum atomic E-state index is -0.282. The highest BCUT2D eigenvalue weighted by atomic mass is 16.7. The molecule has 31 heavy (non-hydrogen) atoms. The van der Waals surface area contributed by atoms with E-state index in [4.69, 9.17) is 23.7 Å². The van der Waals surface area contributed by atoms with Gasteiger partial charge in [0.25, 0.3) is 0 Å². The molecule has 3 aliphatic rings. The maximum absolute atomic E-state index is 11.4. The summed E-state index contributed by atoms with van der Waals surface area (Å²) in [4.78, 5) is 13.6. The van der Waals surface area contributed by atoms with Crippen molar-refractivity contribution in [1.82, 2.24) is 0 Å². The minimum absolute atomic E-state index is 0.0467. The monoisotopic (exact) mass is 419 g/mol. The van der Waals surface area contributed by atoms with Crippen molar-refractivity contribution in [2.45, 2.75) is 19.4 Å². The molecule has 0 spiro atoms. The average Bonchev–Trinajstić information content (AvgIpc) is 3.42. The third-order valence-corrected chi connectivity index (χ3v) is 6.20. The predicted octanol–water partition coefficient (Wildman–Crippen LogP) is 4.41. The van der Waals surface area contributed by atoms with Crippen molar-refractivity contribution in [2.75, 3.05) is 32.1 Å². The second kappa shape index (κ2) is 6.70. The summed E-state index contributed by atoms with van der Waals surface area (Å²) in [6, 6.07) is 12.3. The molecule has 1 atom stereocenters. The highest BCUT2D eigenvalue weighted by molar-refractivity contribution is 6.05. The minimum Gasteiger partial charge on any atom is -0.466 e. The Morgan fingerprint density at radius 1 is 1.00 bits per heavy atom. The Kier molecular flexibility index (Phi) is 3.93. The van der Waals surface area contributed by atoms with E-state index in [1.165, 1.54) is 6.92 Å². The summed E-state index contributed by atoms with van der Waals surface area (Å²) in [7, 11) is 2.07. The fourth-order valence-electron chi connectivity index (χ4n) is 4.86. The molecule has 3 aliphatic heterocycles. The number of carbonyl (C=O) groups is 1. The molecular formula is C24H21NO6. The lowest BCUT2D eigenvalue weighted by Gasteiger charge is -2.39. The van der Waals surface area contributed by atoms with Crippen LogP contribution in [0.15, 0.2) is 36.4 Å². The molecule has 3 heterocycles. The number of esters is 1. The van der Waals surface area contributed by atoms with Crippen LogP contribution in [-0.4, -0.2) is 33.2 Å². The van der Waals surface area contributed by atoms with Gasteiger partial charge in [0.1, 0.15) is 0 Å². The summed E-state index contributed by atoms with van der Waals surface area (Å²) in [6.07, 6.45) is 0.628. The fourth-order valence-corrected chi connectivity index (χ4v) is 4.86. The molecule has 0 unspecified atom stereocenters. The Morgan fingerprint density at radius 3 is 2.58 bits per heavy atom. The molecule has 0 saturated heterocycles. The molecule has 0 amide bonds. The quantitative estimate of drug-likeness (QED) is 0.583. The summed E-state index contributed by atoms with van der Waals surface area (Å²) < 4.78 is 28.0. The summed E-state index contributed by atoms with van der Waals surface area (Å²) in [5.41, 5.74) is 4.39. The van der Waals surface area contributed by atoms with E-state index in [2.05, 4.69) is 30.1 Å². The van der Waals surface area contributed by atoms with Gasteiger partial charge in [-0.25, -0.2) is 0 Å². The van der Waals surface area contributed by atoms with Crippen LogP contribution in [0, 0.1) is 0 Å². The normalized spacial score (nSPS) is 17.5. The third-order valence-electron chi connectivity index (χ3n) is 6.20. The van der Waals surface area contributed by atoms with Crippen LogP contribution in [0.2, 0.25) is 0 Å². The molecule has 0 saturated carbocycles. The number of hydrogen-bond donors (Lipinski definition) is 0. The molecule has 0 bridgehead atoms. The molecule has 158 valence electrons. The van der Waals surface area contributed by atoms with Crippen LogP contribution in [0.1, 0.15) is 24.9 Å². The van der Waals surface area contributed by atoms with Gasteiger partial charge in [-0.05, 0) is 35.2 Å². The summed E-state index contributed by atoms with van der Waals surface area (Å²) in [5, 5.41) is 2.17.